The van der Waals surface area contributed by atoms with E-state index in [1.54, 1.807) is 42.7 Å². The SMILES string of the molecule is Cc1c(O)cccc1C(=O)NCC(C)c1nccs1. The van der Waals surface area contributed by atoms with Gasteiger partial charge in [-0.3, -0.25) is 4.79 Å². The fourth-order valence-electron chi connectivity index (χ4n) is 1.78. The molecular weight excluding hydrogens is 260 g/mol. The number of amides is 1. The molecule has 0 radical (unpaired) electrons. The van der Waals surface area contributed by atoms with Gasteiger partial charge in [0.1, 0.15) is 5.75 Å². The minimum absolute atomic E-state index is 0.139. The van der Waals surface area contributed by atoms with E-state index in [1.807, 2.05) is 12.3 Å². The molecule has 2 aromatic rings. The Kier molecular flexibility index (Phi) is 4.16. The highest BCUT2D eigenvalue weighted by Crippen LogP contribution is 2.20. The van der Waals surface area contributed by atoms with Crippen molar-refractivity contribution in [2.75, 3.05) is 6.54 Å². The van der Waals surface area contributed by atoms with Crippen molar-refractivity contribution in [2.24, 2.45) is 0 Å². The molecule has 1 amide bonds. The minimum Gasteiger partial charge on any atom is -0.508 e. The van der Waals surface area contributed by atoms with E-state index in [0.717, 1.165) is 5.01 Å². The molecule has 1 aromatic carbocycles. The van der Waals surface area contributed by atoms with Gasteiger partial charge in [0.05, 0.1) is 5.01 Å². The molecule has 19 heavy (non-hydrogen) atoms. The molecule has 2 N–H and O–H groups in total. The summed E-state index contributed by atoms with van der Waals surface area (Å²) in [5, 5.41) is 15.4. The average molecular weight is 276 g/mol. The number of thiazole rings is 1. The topological polar surface area (TPSA) is 62.2 Å². The van der Waals surface area contributed by atoms with E-state index >= 15 is 0 Å². The van der Waals surface area contributed by atoms with Crippen molar-refractivity contribution in [1.29, 1.82) is 0 Å². The summed E-state index contributed by atoms with van der Waals surface area (Å²) in [6.07, 6.45) is 1.76. The predicted octanol–water partition coefficient (Wildman–Crippen LogP) is 2.69. The van der Waals surface area contributed by atoms with Gasteiger partial charge in [0.15, 0.2) is 0 Å². The number of benzene rings is 1. The van der Waals surface area contributed by atoms with Crippen LogP contribution in [0.5, 0.6) is 5.75 Å². The summed E-state index contributed by atoms with van der Waals surface area (Å²) in [4.78, 5) is 16.3. The number of hydrogen-bond acceptors (Lipinski definition) is 4. The fraction of sp³-hybridized carbons (Fsp3) is 0.286. The van der Waals surface area contributed by atoms with Crippen LogP contribution in [0.3, 0.4) is 0 Å². The fourth-order valence-corrected chi connectivity index (χ4v) is 2.47. The molecule has 1 atom stereocenters. The Hall–Kier alpha value is -1.88. The first-order valence-electron chi connectivity index (χ1n) is 6.05. The van der Waals surface area contributed by atoms with Gasteiger partial charge >= 0.3 is 0 Å². The minimum atomic E-state index is -0.170. The smallest absolute Gasteiger partial charge is 0.251 e. The zero-order chi connectivity index (χ0) is 13.8. The molecule has 0 aliphatic heterocycles. The summed E-state index contributed by atoms with van der Waals surface area (Å²) in [5.74, 6) is 0.152. The summed E-state index contributed by atoms with van der Waals surface area (Å²) in [6, 6.07) is 4.95. The van der Waals surface area contributed by atoms with E-state index in [4.69, 9.17) is 0 Å². The van der Waals surface area contributed by atoms with E-state index in [0.29, 0.717) is 17.7 Å². The Bertz CT molecular complexity index is 567. The highest BCUT2D eigenvalue weighted by Gasteiger charge is 2.13. The van der Waals surface area contributed by atoms with E-state index in [1.165, 1.54) is 0 Å². The first-order valence-corrected chi connectivity index (χ1v) is 6.93. The third kappa shape index (κ3) is 3.12. The van der Waals surface area contributed by atoms with Crippen LogP contribution in [0.25, 0.3) is 0 Å². The van der Waals surface area contributed by atoms with Crippen LogP contribution in [0.1, 0.15) is 33.8 Å². The number of nitrogens with zero attached hydrogens (tertiary/aromatic N) is 1. The highest BCUT2D eigenvalue weighted by molar-refractivity contribution is 7.09. The van der Waals surface area contributed by atoms with Gasteiger partial charge in [-0.25, -0.2) is 4.98 Å². The molecule has 0 saturated heterocycles. The largest absolute Gasteiger partial charge is 0.508 e. The third-order valence-corrected chi connectivity index (χ3v) is 4.00. The normalized spacial score (nSPS) is 12.1. The van der Waals surface area contributed by atoms with Crippen LogP contribution in [-0.4, -0.2) is 22.5 Å². The molecule has 100 valence electrons. The standard InChI is InChI=1S/C14H16N2O2S/c1-9(14-15-6-7-19-14)8-16-13(18)11-4-3-5-12(17)10(11)2/h3-7,9,17H,8H2,1-2H3,(H,16,18). The van der Waals surface area contributed by atoms with Crippen molar-refractivity contribution in [3.63, 3.8) is 0 Å². The van der Waals surface area contributed by atoms with E-state index in [-0.39, 0.29) is 17.6 Å². The Morgan fingerprint density at radius 3 is 3.00 bits per heavy atom. The van der Waals surface area contributed by atoms with Crippen molar-refractivity contribution in [3.05, 3.63) is 45.9 Å². The predicted molar refractivity (Wildman–Crippen MR) is 75.7 cm³/mol. The number of carbonyl (C=O) groups excluding carboxylic acids is 1. The van der Waals surface area contributed by atoms with Crippen LogP contribution in [-0.2, 0) is 0 Å². The van der Waals surface area contributed by atoms with Crippen LogP contribution in [0, 0.1) is 6.92 Å². The molecule has 0 spiro atoms. The molecule has 1 unspecified atom stereocenters. The second-order valence-electron chi connectivity index (χ2n) is 4.43. The zero-order valence-electron chi connectivity index (χ0n) is 10.9. The monoisotopic (exact) mass is 276 g/mol. The zero-order valence-corrected chi connectivity index (χ0v) is 11.7. The molecule has 0 saturated carbocycles. The Morgan fingerprint density at radius 2 is 2.32 bits per heavy atom. The van der Waals surface area contributed by atoms with E-state index in [9.17, 15) is 9.90 Å². The molecule has 4 nitrogen and oxygen atoms in total. The summed E-state index contributed by atoms with van der Waals surface area (Å²) in [5.41, 5.74) is 1.10. The molecule has 1 heterocycles. The van der Waals surface area contributed by atoms with Crippen molar-refractivity contribution >= 4 is 17.2 Å². The molecule has 0 bridgehead atoms. The number of phenolic OH excluding ortho intramolecular Hbond substituents is 1. The number of aromatic hydroxyl groups is 1. The third-order valence-electron chi connectivity index (χ3n) is 2.99. The Labute approximate surface area is 116 Å². The second-order valence-corrected chi connectivity index (χ2v) is 5.36. The molecule has 2 rings (SSSR count). The molecule has 0 aliphatic carbocycles. The molecule has 0 aliphatic rings. The number of hydrogen-bond donors (Lipinski definition) is 2. The van der Waals surface area contributed by atoms with Crippen molar-refractivity contribution in [1.82, 2.24) is 10.3 Å². The van der Waals surface area contributed by atoms with Gasteiger partial charge in [-0.1, -0.05) is 13.0 Å². The first-order chi connectivity index (χ1) is 9.09. The van der Waals surface area contributed by atoms with Gasteiger partial charge in [0.2, 0.25) is 0 Å². The van der Waals surface area contributed by atoms with Gasteiger partial charge in [0, 0.05) is 35.2 Å². The van der Waals surface area contributed by atoms with Gasteiger partial charge in [-0.2, -0.15) is 0 Å². The van der Waals surface area contributed by atoms with E-state index in [2.05, 4.69) is 10.3 Å². The van der Waals surface area contributed by atoms with Crippen LogP contribution in [0.15, 0.2) is 29.8 Å². The maximum Gasteiger partial charge on any atom is 0.251 e. The maximum atomic E-state index is 12.1. The van der Waals surface area contributed by atoms with Crippen LogP contribution in [0.4, 0.5) is 0 Å². The number of phenols is 1. The molecular formula is C14H16N2O2S. The molecule has 0 fully saturated rings. The number of nitrogens with one attached hydrogen (secondary N) is 1. The summed E-state index contributed by atoms with van der Waals surface area (Å²) >= 11 is 1.58. The molecule has 5 heteroatoms. The number of rotatable bonds is 4. The lowest BCUT2D eigenvalue weighted by Crippen LogP contribution is -2.28. The lowest BCUT2D eigenvalue weighted by Gasteiger charge is -2.12. The van der Waals surface area contributed by atoms with Crippen LogP contribution >= 0.6 is 11.3 Å². The highest BCUT2D eigenvalue weighted by atomic mass is 32.1. The first kappa shape index (κ1) is 13.5. The average Bonchev–Trinajstić information content (AvgIpc) is 2.93. The summed E-state index contributed by atoms with van der Waals surface area (Å²) in [6.45, 7) is 4.28. The van der Waals surface area contributed by atoms with E-state index < -0.39 is 0 Å². The van der Waals surface area contributed by atoms with Crippen LogP contribution < -0.4 is 5.32 Å². The van der Waals surface area contributed by atoms with Crippen LogP contribution in [0.2, 0.25) is 0 Å². The lowest BCUT2D eigenvalue weighted by molar-refractivity contribution is 0.0950. The Morgan fingerprint density at radius 1 is 1.53 bits per heavy atom. The van der Waals surface area contributed by atoms with Crippen molar-refractivity contribution < 1.29 is 9.90 Å². The summed E-state index contributed by atoms with van der Waals surface area (Å²) < 4.78 is 0. The number of carbonyl (C=O) groups is 1. The van der Waals surface area contributed by atoms with Gasteiger partial charge < -0.3 is 10.4 Å². The maximum absolute atomic E-state index is 12.1. The lowest BCUT2D eigenvalue weighted by atomic mass is 10.1. The second kappa shape index (κ2) is 5.84. The quantitative estimate of drug-likeness (QED) is 0.902. The number of aromatic nitrogens is 1. The van der Waals surface area contributed by atoms with Crippen molar-refractivity contribution in [2.45, 2.75) is 19.8 Å². The van der Waals surface area contributed by atoms with Crippen molar-refractivity contribution in [3.8, 4) is 5.75 Å². The molecule has 1 aromatic heterocycles. The van der Waals surface area contributed by atoms with Gasteiger partial charge in [-0.15, -0.1) is 11.3 Å². The van der Waals surface area contributed by atoms with Gasteiger partial charge in [-0.05, 0) is 19.1 Å². The summed E-state index contributed by atoms with van der Waals surface area (Å²) in [7, 11) is 0. The van der Waals surface area contributed by atoms with Gasteiger partial charge in [0.25, 0.3) is 5.91 Å². The Balaban J connectivity index is 2.00.